The lowest BCUT2D eigenvalue weighted by Crippen LogP contribution is -2.24. The van der Waals surface area contributed by atoms with Crippen LogP contribution in [0.4, 0.5) is 0 Å². The standard InChI is InChI=1S/C20H20N2O2S/c1-24-18-9-5-8-16(10-18)13-21-19(23)12-17-14-25-20(22-17)11-15-6-3-2-4-7-15/h2-10,14H,11-13H2,1H3,(H,21,23). The number of nitrogens with one attached hydrogen (secondary N) is 1. The number of ether oxygens (including phenoxy) is 1. The van der Waals surface area contributed by atoms with Crippen molar-refractivity contribution in [3.8, 4) is 5.75 Å². The highest BCUT2D eigenvalue weighted by atomic mass is 32.1. The second-order valence-electron chi connectivity index (χ2n) is 5.70. The fourth-order valence-corrected chi connectivity index (χ4v) is 3.32. The van der Waals surface area contributed by atoms with Crippen molar-refractivity contribution in [2.45, 2.75) is 19.4 Å². The summed E-state index contributed by atoms with van der Waals surface area (Å²) >= 11 is 1.60. The van der Waals surface area contributed by atoms with Crippen LogP contribution in [0.15, 0.2) is 60.0 Å². The molecule has 0 unspecified atom stereocenters. The number of hydrogen-bond donors (Lipinski definition) is 1. The highest BCUT2D eigenvalue weighted by molar-refractivity contribution is 7.09. The lowest BCUT2D eigenvalue weighted by atomic mass is 10.2. The predicted octanol–water partition coefficient (Wildman–Crippen LogP) is 3.60. The number of aromatic nitrogens is 1. The Hall–Kier alpha value is -2.66. The van der Waals surface area contributed by atoms with E-state index in [1.165, 1.54) is 5.56 Å². The molecule has 0 aliphatic heterocycles. The number of rotatable bonds is 7. The van der Waals surface area contributed by atoms with Crippen molar-refractivity contribution in [2.24, 2.45) is 0 Å². The number of methoxy groups -OCH3 is 1. The molecule has 0 saturated carbocycles. The molecule has 0 saturated heterocycles. The molecule has 128 valence electrons. The van der Waals surface area contributed by atoms with Crippen LogP contribution in [0, 0.1) is 0 Å². The molecule has 3 rings (SSSR count). The summed E-state index contributed by atoms with van der Waals surface area (Å²) in [6.45, 7) is 0.483. The Bertz CT molecular complexity index is 830. The van der Waals surface area contributed by atoms with Crippen LogP contribution in [-0.2, 0) is 24.2 Å². The first-order chi connectivity index (χ1) is 12.2. The van der Waals surface area contributed by atoms with E-state index in [9.17, 15) is 4.79 Å². The second-order valence-corrected chi connectivity index (χ2v) is 6.64. The van der Waals surface area contributed by atoms with Gasteiger partial charge in [0.25, 0.3) is 0 Å². The summed E-state index contributed by atoms with van der Waals surface area (Å²) in [5.74, 6) is 0.760. The minimum Gasteiger partial charge on any atom is -0.497 e. The van der Waals surface area contributed by atoms with Gasteiger partial charge in [-0.2, -0.15) is 0 Å². The maximum absolute atomic E-state index is 12.1. The zero-order valence-electron chi connectivity index (χ0n) is 14.1. The van der Waals surface area contributed by atoms with Crippen LogP contribution in [0.25, 0.3) is 0 Å². The molecular formula is C20H20N2O2S. The SMILES string of the molecule is COc1cccc(CNC(=O)Cc2csc(Cc3ccccc3)n2)c1. The third kappa shape index (κ3) is 5.16. The molecule has 0 aliphatic carbocycles. The summed E-state index contributed by atoms with van der Waals surface area (Å²) in [6.07, 6.45) is 1.10. The monoisotopic (exact) mass is 352 g/mol. The Morgan fingerprint density at radius 1 is 1.12 bits per heavy atom. The van der Waals surface area contributed by atoms with Crippen LogP contribution in [0.2, 0.25) is 0 Å². The van der Waals surface area contributed by atoms with Gasteiger partial charge in [0.05, 0.1) is 24.2 Å². The molecule has 5 heteroatoms. The Morgan fingerprint density at radius 3 is 2.72 bits per heavy atom. The van der Waals surface area contributed by atoms with Gasteiger partial charge in [-0.05, 0) is 23.3 Å². The van der Waals surface area contributed by atoms with E-state index in [4.69, 9.17) is 4.74 Å². The topological polar surface area (TPSA) is 51.2 Å². The normalized spacial score (nSPS) is 10.4. The Labute approximate surface area is 151 Å². The van der Waals surface area contributed by atoms with Crippen LogP contribution in [0.5, 0.6) is 5.75 Å². The van der Waals surface area contributed by atoms with Crippen LogP contribution in [0.3, 0.4) is 0 Å². The molecule has 0 atom stereocenters. The number of benzene rings is 2. The van der Waals surface area contributed by atoms with Gasteiger partial charge in [-0.15, -0.1) is 11.3 Å². The summed E-state index contributed by atoms with van der Waals surface area (Å²) < 4.78 is 5.19. The fourth-order valence-electron chi connectivity index (χ4n) is 2.49. The zero-order chi connectivity index (χ0) is 17.5. The smallest absolute Gasteiger partial charge is 0.226 e. The summed E-state index contributed by atoms with van der Waals surface area (Å²) in [4.78, 5) is 16.7. The maximum atomic E-state index is 12.1. The van der Waals surface area contributed by atoms with Gasteiger partial charge in [0, 0.05) is 18.3 Å². The van der Waals surface area contributed by atoms with Gasteiger partial charge in [0.15, 0.2) is 0 Å². The van der Waals surface area contributed by atoms with Crippen molar-refractivity contribution in [1.29, 1.82) is 0 Å². The average molecular weight is 352 g/mol. The van der Waals surface area contributed by atoms with Crippen molar-refractivity contribution >= 4 is 17.2 Å². The van der Waals surface area contributed by atoms with Gasteiger partial charge in [0.1, 0.15) is 5.75 Å². The summed E-state index contributed by atoms with van der Waals surface area (Å²) in [7, 11) is 1.63. The van der Waals surface area contributed by atoms with Crippen molar-refractivity contribution in [2.75, 3.05) is 7.11 Å². The molecule has 0 radical (unpaired) electrons. The highest BCUT2D eigenvalue weighted by Crippen LogP contribution is 2.15. The van der Waals surface area contributed by atoms with E-state index in [1.807, 2.05) is 47.8 Å². The van der Waals surface area contributed by atoms with Crippen LogP contribution >= 0.6 is 11.3 Å². The third-order valence-electron chi connectivity index (χ3n) is 3.76. The molecular weight excluding hydrogens is 332 g/mol. The minimum absolute atomic E-state index is 0.0284. The first-order valence-corrected chi connectivity index (χ1v) is 8.98. The fraction of sp³-hybridized carbons (Fsp3) is 0.200. The maximum Gasteiger partial charge on any atom is 0.226 e. The largest absolute Gasteiger partial charge is 0.497 e. The number of thiazole rings is 1. The van der Waals surface area contributed by atoms with Crippen LogP contribution in [0.1, 0.15) is 21.8 Å². The number of amides is 1. The molecule has 0 spiro atoms. The second kappa shape index (κ2) is 8.44. The van der Waals surface area contributed by atoms with E-state index in [-0.39, 0.29) is 5.91 Å². The summed E-state index contributed by atoms with van der Waals surface area (Å²) in [5.41, 5.74) is 3.06. The number of nitrogens with zero attached hydrogens (tertiary/aromatic N) is 1. The molecule has 1 aromatic heterocycles. The number of hydrogen-bond acceptors (Lipinski definition) is 4. The summed E-state index contributed by atoms with van der Waals surface area (Å²) in [5, 5.41) is 5.92. The lowest BCUT2D eigenvalue weighted by molar-refractivity contribution is -0.120. The molecule has 1 N–H and O–H groups in total. The molecule has 3 aromatic rings. The van der Waals surface area contributed by atoms with Crippen molar-refractivity contribution in [1.82, 2.24) is 10.3 Å². The molecule has 25 heavy (non-hydrogen) atoms. The number of carbonyl (C=O) groups is 1. The van der Waals surface area contributed by atoms with E-state index >= 15 is 0 Å². The number of carbonyl (C=O) groups excluding carboxylic acids is 1. The van der Waals surface area contributed by atoms with E-state index in [2.05, 4.69) is 22.4 Å². The molecule has 0 aliphatic rings. The lowest BCUT2D eigenvalue weighted by Gasteiger charge is -2.06. The van der Waals surface area contributed by atoms with Gasteiger partial charge in [-0.25, -0.2) is 4.98 Å². The quantitative estimate of drug-likeness (QED) is 0.707. The first kappa shape index (κ1) is 17.2. The van der Waals surface area contributed by atoms with Gasteiger partial charge in [0.2, 0.25) is 5.91 Å². The molecule has 1 amide bonds. The predicted molar refractivity (Wildman–Crippen MR) is 99.9 cm³/mol. The van der Waals surface area contributed by atoms with E-state index < -0.39 is 0 Å². The van der Waals surface area contributed by atoms with Gasteiger partial charge in [-0.1, -0.05) is 42.5 Å². The molecule has 2 aromatic carbocycles. The average Bonchev–Trinajstić information content (AvgIpc) is 3.08. The molecule has 1 heterocycles. The highest BCUT2D eigenvalue weighted by Gasteiger charge is 2.08. The molecule has 4 nitrogen and oxygen atoms in total. The Morgan fingerprint density at radius 2 is 1.92 bits per heavy atom. The summed E-state index contributed by atoms with van der Waals surface area (Å²) in [6, 6.07) is 17.9. The van der Waals surface area contributed by atoms with E-state index in [0.29, 0.717) is 13.0 Å². The Balaban J connectivity index is 1.51. The van der Waals surface area contributed by atoms with Crippen LogP contribution < -0.4 is 10.1 Å². The first-order valence-electron chi connectivity index (χ1n) is 8.10. The van der Waals surface area contributed by atoms with Crippen molar-refractivity contribution in [3.05, 3.63) is 81.8 Å². The van der Waals surface area contributed by atoms with E-state index in [1.54, 1.807) is 18.4 Å². The third-order valence-corrected chi connectivity index (χ3v) is 4.66. The Kier molecular flexibility index (Phi) is 5.80. The van der Waals surface area contributed by atoms with Gasteiger partial charge >= 0.3 is 0 Å². The zero-order valence-corrected chi connectivity index (χ0v) is 14.9. The molecule has 0 fully saturated rings. The molecule has 0 bridgehead atoms. The van der Waals surface area contributed by atoms with Gasteiger partial charge in [-0.3, -0.25) is 4.79 Å². The van der Waals surface area contributed by atoms with Crippen molar-refractivity contribution < 1.29 is 9.53 Å². The van der Waals surface area contributed by atoms with Crippen molar-refractivity contribution in [3.63, 3.8) is 0 Å². The minimum atomic E-state index is -0.0284. The van der Waals surface area contributed by atoms with E-state index in [0.717, 1.165) is 28.4 Å². The van der Waals surface area contributed by atoms with Gasteiger partial charge < -0.3 is 10.1 Å². The van der Waals surface area contributed by atoms with Crippen LogP contribution in [-0.4, -0.2) is 18.0 Å².